The second kappa shape index (κ2) is 5.50. The maximum absolute atomic E-state index is 12.6. The Hall–Kier alpha value is -2.12. The molecule has 126 valence electrons. The van der Waals surface area contributed by atoms with Crippen LogP contribution in [0.1, 0.15) is 33.1 Å². The highest BCUT2D eigenvalue weighted by Gasteiger charge is 2.45. The summed E-state index contributed by atoms with van der Waals surface area (Å²) < 4.78 is 0. The Morgan fingerprint density at radius 1 is 1.22 bits per heavy atom. The molecule has 3 saturated heterocycles. The molecule has 0 saturated carbocycles. The molecule has 0 unspecified atom stereocenters. The van der Waals surface area contributed by atoms with Crippen LogP contribution in [-0.2, 0) is 14.4 Å². The summed E-state index contributed by atoms with van der Waals surface area (Å²) in [6.07, 6.45) is 2.59. The summed E-state index contributed by atoms with van der Waals surface area (Å²) in [7, 11) is 0. The molecule has 3 aliphatic rings. The maximum atomic E-state index is 12.6. The third-order valence-electron chi connectivity index (χ3n) is 4.79. The first-order chi connectivity index (χ1) is 10.8. The minimum atomic E-state index is -0.982. The zero-order valence-electron chi connectivity index (χ0n) is 13.4. The van der Waals surface area contributed by atoms with Crippen molar-refractivity contribution in [3.05, 3.63) is 0 Å². The Bertz CT molecular complexity index is 574. The highest BCUT2D eigenvalue weighted by atomic mass is 16.2. The molecule has 3 heterocycles. The van der Waals surface area contributed by atoms with E-state index in [1.807, 2.05) is 0 Å². The molecule has 3 aliphatic heterocycles. The number of likely N-dealkylation sites (tertiary alicyclic amines) is 1. The molecule has 2 atom stereocenters. The van der Waals surface area contributed by atoms with Crippen molar-refractivity contribution in [2.75, 3.05) is 19.6 Å². The van der Waals surface area contributed by atoms with E-state index in [1.54, 1.807) is 18.7 Å². The van der Waals surface area contributed by atoms with Crippen molar-refractivity contribution in [1.29, 1.82) is 0 Å². The van der Waals surface area contributed by atoms with E-state index in [9.17, 15) is 19.2 Å². The van der Waals surface area contributed by atoms with Crippen LogP contribution in [-0.4, -0.2) is 64.8 Å². The van der Waals surface area contributed by atoms with Gasteiger partial charge in [-0.15, -0.1) is 0 Å². The van der Waals surface area contributed by atoms with Crippen molar-refractivity contribution in [1.82, 2.24) is 20.4 Å². The number of imide groups is 1. The lowest BCUT2D eigenvalue weighted by molar-refractivity contribution is -0.139. The molecule has 0 spiro atoms. The van der Waals surface area contributed by atoms with Crippen LogP contribution < -0.4 is 10.6 Å². The van der Waals surface area contributed by atoms with E-state index in [-0.39, 0.29) is 30.3 Å². The summed E-state index contributed by atoms with van der Waals surface area (Å²) in [5.41, 5.74) is -0.982. The van der Waals surface area contributed by atoms with Crippen LogP contribution >= 0.6 is 0 Å². The summed E-state index contributed by atoms with van der Waals surface area (Å²) in [4.78, 5) is 51.2. The third-order valence-corrected chi connectivity index (χ3v) is 4.79. The van der Waals surface area contributed by atoms with Crippen molar-refractivity contribution in [3.8, 4) is 0 Å². The van der Waals surface area contributed by atoms with Crippen LogP contribution in [0.15, 0.2) is 0 Å². The number of nitrogens with one attached hydrogen (secondary N) is 2. The van der Waals surface area contributed by atoms with Crippen molar-refractivity contribution in [2.24, 2.45) is 5.92 Å². The second-order valence-corrected chi connectivity index (χ2v) is 7.08. The van der Waals surface area contributed by atoms with Gasteiger partial charge < -0.3 is 15.5 Å². The zero-order valence-corrected chi connectivity index (χ0v) is 13.4. The molecule has 5 amide bonds. The van der Waals surface area contributed by atoms with Crippen LogP contribution in [0.3, 0.4) is 0 Å². The van der Waals surface area contributed by atoms with E-state index >= 15 is 0 Å². The van der Waals surface area contributed by atoms with Crippen LogP contribution in [0.5, 0.6) is 0 Å². The van der Waals surface area contributed by atoms with E-state index in [4.69, 9.17) is 0 Å². The van der Waals surface area contributed by atoms with E-state index in [2.05, 4.69) is 10.6 Å². The molecule has 0 radical (unpaired) electrons. The second-order valence-electron chi connectivity index (χ2n) is 7.08. The number of nitrogens with zero attached hydrogens (tertiary/aromatic N) is 2. The van der Waals surface area contributed by atoms with Gasteiger partial charge >= 0.3 is 6.03 Å². The molecule has 8 heteroatoms. The Balaban J connectivity index is 1.70. The average Bonchev–Trinajstić information content (AvgIpc) is 2.63. The Morgan fingerprint density at radius 2 is 1.96 bits per heavy atom. The van der Waals surface area contributed by atoms with Gasteiger partial charge in [-0.25, -0.2) is 4.79 Å². The molecule has 2 bridgehead atoms. The fourth-order valence-corrected chi connectivity index (χ4v) is 3.45. The topological polar surface area (TPSA) is 98.8 Å². The van der Waals surface area contributed by atoms with Gasteiger partial charge in [-0.3, -0.25) is 19.3 Å². The summed E-state index contributed by atoms with van der Waals surface area (Å²) in [5.74, 6) is -0.899. The lowest BCUT2D eigenvalue weighted by atomic mass is 9.99. The molecule has 0 aromatic heterocycles. The van der Waals surface area contributed by atoms with Crippen molar-refractivity contribution >= 4 is 23.8 Å². The van der Waals surface area contributed by atoms with Gasteiger partial charge in [-0.05, 0) is 26.7 Å². The highest BCUT2D eigenvalue weighted by Crippen LogP contribution is 2.23. The predicted octanol–water partition coefficient (Wildman–Crippen LogP) is -0.556. The molecular weight excluding hydrogens is 300 g/mol. The standard InChI is InChI=1S/C15H22N4O4/c1-15(2)13(22)19(14(23)17-15)8-11(20)18-6-9-4-3-5-10(7-18)16-12(9)21/h9-10H,3-8H2,1-2H3,(H,16,21)(H,17,23)/t9-,10+/m1/s1. The summed E-state index contributed by atoms with van der Waals surface area (Å²) >= 11 is 0. The largest absolute Gasteiger partial charge is 0.351 e. The molecule has 3 fully saturated rings. The SMILES string of the molecule is CC1(C)NC(=O)N(CC(=O)N2C[C@@H]3CCC[C@H](C2)C(=O)N3)C1=O. The number of amides is 5. The van der Waals surface area contributed by atoms with E-state index in [1.165, 1.54) is 0 Å². The third kappa shape index (κ3) is 2.89. The van der Waals surface area contributed by atoms with Crippen LogP contribution in [0.4, 0.5) is 4.79 Å². The number of rotatable bonds is 2. The molecule has 23 heavy (non-hydrogen) atoms. The normalized spacial score (nSPS) is 29.9. The molecule has 8 nitrogen and oxygen atoms in total. The van der Waals surface area contributed by atoms with Gasteiger partial charge in [0, 0.05) is 19.1 Å². The van der Waals surface area contributed by atoms with E-state index in [0.717, 1.165) is 24.2 Å². The van der Waals surface area contributed by atoms with Gasteiger partial charge in [0.1, 0.15) is 12.1 Å². The van der Waals surface area contributed by atoms with Crippen molar-refractivity contribution < 1.29 is 19.2 Å². The highest BCUT2D eigenvalue weighted by molar-refractivity contribution is 6.08. The number of carbonyl (C=O) groups excluding carboxylic acids is 4. The van der Waals surface area contributed by atoms with Gasteiger partial charge in [0.05, 0.1) is 5.92 Å². The lowest BCUT2D eigenvalue weighted by Gasteiger charge is -2.28. The lowest BCUT2D eigenvalue weighted by Crippen LogP contribution is -2.47. The van der Waals surface area contributed by atoms with Crippen LogP contribution in [0.2, 0.25) is 0 Å². The summed E-state index contributed by atoms with van der Waals surface area (Å²) in [5, 5.41) is 5.52. The van der Waals surface area contributed by atoms with Gasteiger partial charge in [-0.2, -0.15) is 0 Å². The molecule has 3 rings (SSSR count). The molecule has 0 aromatic rings. The molecule has 2 N–H and O–H groups in total. The fraction of sp³-hybridized carbons (Fsp3) is 0.733. The molecule has 0 aromatic carbocycles. The first-order valence-electron chi connectivity index (χ1n) is 8.00. The monoisotopic (exact) mass is 322 g/mol. The first kappa shape index (κ1) is 15.8. The first-order valence-corrected chi connectivity index (χ1v) is 8.00. The number of hydrogen-bond donors (Lipinski definition) is 2. The molecular formula is C15H22N4O4. The Labute approximate surface area is 134 Å². The van der Waals surface area contributed by atoms with E-state index < -0.39 is 17.5 Å². The number of hydrogen-bond acceptors (Lipinski definition) is 4. The molecule has 0 aliphatic carbocycles. The minimum Gasteiger partial charge on any atom is -0.351 e. The van der Waals surface area contributed by atoms with E-state index in [0.29, 0.717) is 13.1 Å². The van der Waals surface area contributed by atoms with Crippen molar-refractivity contribution in [3.63, 3.8) is 0 Å². The summed E-state index contributed by atoms with van der Waals surface area (Å²) in [6.45, 7) is 3.73. The minimum absolute atomic E-state index is 0.000995. The quantitative estimate of drug-likeness (QED) is 0.666. The number of carbonyl (C=O) groups is 4. The average molecular weight is 322 g/mol. The van der Waals surface area contributed by atoms with Gasteiger partial charge in [0.25, 0.3) is 5.91 Å². The number of fused-ring (bicyclic) bond motifs is 3. The van der Waals surface area contributed by atoms with Gasteiger partial charge in [-0.1, -0.05) is 6.42 Å². The maximum Gasteiger partial charge on any atom is 0.325 e. The smallest absolute Gasteiger partial charge is 0.325 e. The Morgan fingerprint density at radius 3 is 2.61 bits per heavy atom. The van der Waals surface area contributed by atoms with Gasteiger partial charge in [0.2, 0.25) is 11.8 Å². The Kier molecular flexibility index (Phi) is 3.77. The van der Waals surface area contributed by atoms with Crippen molar-refractivity contribution in [2.45, 2.75) is 44.7 Å². The van der Waals surface area contributed by atoms with Gasteiger partial charge in [0.15, 0.2) is 0 Å². The predicted molar refractivity (Wildman–Crippen MR) is 80.2 cm³/mol. The summed E-state index contributed by atoms with van der Waals surface area (Å²) in [6, 6.07) is -0.587. The fourth-order valence-electron chi connectivity index (χ4n) is 3.45. The number of urea groups is 1. The van der Waals surface area contributed by atoms with Crippen LogP contribution in [0, 0.1) is 5.92 Å². The van der Waals surface area contributed by atoms with Crippen LogP contribution in [0.25, 0.3) is 0 Å². The zero-order chi connectivity index (χ0) is 16.8.